The van der Waals surface area contributed by atoms with Crippen molar-refractivity contribution in [3.05, 3.63) is 105 Å². The molecule has 0 aliphatic carbocycles. The van der Waals surface area contributed by atoms with Gasteiger partial charge in [0.15, 0.2) is 0 Å². The molecule has 0 radical (unpaired) electrons. The molecule has 0 fully saturated rings. The molecular formula is C22H15BrClFN2O2. The Bertz CT molecular complexity index is 1070. The lowest BCUT2D eigenvalue weighted by molar-refractivity contribution is -0.113. The SMILES string of the molecule is O=C(Nc1ccc(F)cc1)C(=Cc1ccc(Br)cc1)NC(=O)c1ccccc1Cl. The van der Waals surface area contributed by atoms with Crippen LogP contribution < -0.4 is 10.6 Å². The van der Waals surface area contributed by atoms with Crippen molar-refractivity contribution in [2.75, 3.05) is 5.32 Å². The Morgan fingerprint density at radius 3 is 2.24 bits per heavy atom. The van der Waals surface area contributed by atoms with E-state index in [0.29, 0.717) is 11.3 Å². The third kappa shape index (κ3) is 5.76. The van der Waals surface area contributed by atoms with Gasteiger partial charge in [-0.05, 0) is 60.2 Å². The van der Waals surface area contributed by atoms with Crippen LogP contribution in [-0.4, -0.2) is 11.8 Å². The molecule has 7 heteroatoms. The van der Waals surface area contributed by atoms with Gasteiger partial charge in [-0.2, -0.15) is 0 Å². The lowest BCUT2D eigenvalue weighted by Gasteiger charge is -2.12. The van der Waals surface area contributed by atoms with Crippen molar-refractivity contribution < 1.29 is 14.0 Å². The normalized spacial score (nSPS) is 11.1. The van der Waals surface area contributed by atoms with Crippen molar-refractivity contribution in [2.45, 2.75) is 0 Å². The number of carbonyl (C=O) groups excluding carboxylic acids is 2. The first-order valence-electron chi connectivity index (χ1n) is 8.52. The summed E-state index contributed by atoms with van der Waals surface area (Å²) in [5.74, 6) is -1.49. The lowest BCUT2D eigenvalue weighted by Crippen LogP contribution is -2.30. The summed E-state index contributed by atoms with van der Waals surface area (Å²) >= 11 is 9.44. The Morgan fingerprint density at radius 1 is 0.931 bits per heavy atom. The van der Waals surface area contributed by atoms with E-state index < -0.39 is 17.6 Å². The first-order chi connectivity index (χ1) is 13.9. The minimum atomic E-state index is -0.556. The van der Waals surface area contributed by atoms with Crippen molar-refractivity contribution in [1.29, 1.82) is 0 Å². The van der Waals surface area contributed by atoms with Crippen LogP contribution in [0.5, 0.6) is 0 Å². The number of benzene rings is 3. The average Bonchev–Trinajstić information content (AvgIpc) is 2.71. The van der Waals surface area contributed by atoms with Crippen molar-refractivity contribution >= 4 is 51.1 Å². The van der Waals surface area contributed by atoms with Crippen LogP contribution in [0.4, 0.5) is 10.1 Å². The highest BCUT2D eigenvalue weighted by Gasteiger charge is 2.17. The molecular weight excluding hydrogens is 459 g/mol. The zero-order chi connectivity index (χ0) is 20.8. The highest BCUT2D eigenvalue weighted by molar-refractivity contribution is 9.10. The highest BCUT2D eigenvalue weighted by atomic mass is 79.9. The van der Waals surface area contributed by atoms with Crippen LogP contribution in [0.2, 0.25) is 5.02 Å². The number of hydrogen-bond acceptors (Lipinski definition) is 2. The maximum atomic E-state index is 13.1. The Balaban J connectivity index is 1.89. The first kappa shape index (κ1) is 20.8. The fourth-order valence-corrected chi connectivity index (χ4v) is 2.94. The summed E-state index contributed by atoms with van der Waals surface area (Å²) in [4.78, 5) is 25.4. The van der Waals surface area contributed by atoms with Gasteiger partial charge >= 0.3 is 0 Å². The molecule has 0 aromatic heterocycles. The Kier molecular flexibility index (Phi) is 6.80. The molecule has 3 aromatic rings. The summed E-state index contributed by atoms with van der Waals surface area (Å²) < 4.78 is 14.0. The van der Waals surface area contributed by atoms with Gasteiger partial charge in [-0.25, -0.2) is 4.39 Å². The van der Waals surface area contributed by atoms with E-state index in [-0.39, 0.29) is 16.3 Å². The van der Waals surface area contributed by atoms with E-state index in [2.05, 4.69) is 26.6 Å². The molecule has 146 valence electrons. The zero-order valence-electron chi connectivity index (χ0n) is 15.0. The summed E-state index contributed by atoms with van der Waals surface area (Å²) in [7, 11) is 0. The van der Waals surface area contributed by atoms with Crippen LogP contribution in [-0.2, 0) is 4.79 Å². The Morgan fingerprint density at radius 2 is 1.59 bits per heavy atom. The molecule has 0 aliphatic rings. The molecule has 0 heterocycles. The van der Waals surface area contributed by atoms with Crippen LogP contribution in [0.15, 0.2) is 83.0 Å². The topological polar surface area (TPSA) is 58.2 Å². The quantitative estimate of drug-likeness (QED) is 0.470. The predicted molar refractivity (Wildman–Crippen MR) is 116 cm³/mol. The Hall–Kier alpha value is -2.96. The standard InChI is InChI=1S/C22H15BrClFN2O2/c23-15-7-5-14(6-8-15)13-20(22(29)26-17-11-9-16(25)10-12-17)27-21(28)18-3-1-2-4-19(18)24/h1-13H,(H,26,29)(H,27,28). The third-order valence-electron chi connectivity index (χ3n) is 3.89. The van der Waals surface area contributed by atoms with E-state index in [1.54, 1.807) is 42.5 Å². The van der Waals surface area contributed by atoms with Crippen LogP contribution in [0.3, 0.4) is 0 Å². The van der Waals surface area contributed by atoms with Gasteiger partial charge in [0, 0.05) is 10.2 Å². The second kappa shape index (κ2) is 9.49. The van der Waals surface area contributed by atoms with Gasteiger partial charge < -0.3 is 10.6 Å². The fourth-order valence-electron chi connectivity index (χ4n) is 2.45. The molecule has 0 atom stereocenters. The minimum Gasteiger partial charge on any atom is -0.321 e. The number of amides is 2. The molecule has 2 N–H and O–H groups in total. The number of anilines is 1. The summed E-state index contributed by atoms with van der Waals surface area (Å²) in [6.45, 7) is 0. The van der Waals surface area contributed by atoms with Crippen LogP contribution in [0, 0.1) is 5.82 Å². The molecule has 0 aliphatic heterocycles. The molecule has 0 spiro atoms. The fraction of sp³-hybridized carbons (Fsp3) is 0. The zero-order valence-corrected chi connectivity index (χ0v) is 17.3. The summed E-state index contributed by atoms with van der Waals surface area (Å²) in [6, 6.07) is 19.1. The van der Waals surface area contributed by atoms with Crippen molar-refractivity contribution in [1.82, 2.24) is 5.32 Å². The van der Waals surface area contributed by atoms with Gasteiger partial charge in [-0.3, -0.25) is 9.59 Å². The number of rotatable bonds is 5. The van der Waals surface area contributed by atoms with E-state index in [0.717, 1.165) is 4.47 Å². The van der Waals surface area contributed by atoms with Crippen molar-refractivity contribution in [3.63, 3.8) is 0 Å². The van der Waals surface area contributed by atoms with Gasteiger partial charge in [-0.1, -0.05) is 51.8 Å². The number of carbonyl (C=O) groups is 2. The Labute approximate surface area is 180 Å². The van der Waals surface area contributed by atoms with E-state index in [1.807, 2.05) is 12.1 Å². The molecule has 3 rings (SSSR count). The predicted octanol–water partition coefficient (Wildman–Crippen LogP) is 5.65. The van der Waals surface area contributed by atoms with Crippen LogP contribution in [0.25, 0.3) is 6.08 Å². The molecule has 0 saturated heterocycles. The summed E-state index contributed by atoms with van der Waals surface area (Å²) in [5.41, 5.74) is 1.36. The van der Waals surface area contributed by atoms with Gasteiger partial charge in [0.2, 0.25) is 0 Å². The smallest absolute Gasteiger partial charge is 0.272 e. The monoisotopic (exact) mass is 472 g/mol. The molecule has 0 bridgehead atoms. The van der Waals surface area contributed by atoms with Gasteiger partial charge in [0.1, 0.15) is 11.5 Å². The van der Waals surface area contributed by atoms with Gasteiger partial charge in [0.05, 0.1) is 10.6 Å². The maximum absolute atomic E-state index is 13.1. The van der Waals surface area contributed by atoms with Gasteiger partial charge in [0.25, 0.3) is 11.8 Å². The molecule has 4 nitrogen and oxygen atoms in total. The van der Waals surface area contributed by atoms with E-state index in [9.17, 15) is 14.0 Å². The van der Waals surface area contributed by atoms with E-state index in [1.165, 1.54) is 24.3 Å². The van der Waals surface area contributed by atoms with Crippen molar-refractivity contribution in [2.24, 2.45) is 0 Å². The maximum Gasteiger partial charge on any atom is 0.272 e. The molecule has 3 aromatic carbocycles. The molecule has 2 amide bonds. The van der Waals surface area contributed by atoms with Gasteiger partial charge in [-0.15, -0.1) is 0 Å². The number of nitrogens with one attached hydrogen (secondary N) is 2. The number of hydrogen-bond donors (Lipinski definition) is 2. The summed E-state index contributed by atoms with van der Waals surface area (Å²) in [5, 5.41) is 5.52. The van der Waals surface area contributed by atoms with Crippen LogP contribution >= 0.6 is 27.5 Å². The third-order valence-corrected chi connectivity index (χ3v) is 4.75. The first-order valence-corrected chi connectivity index (χ1v) is 9.69. The second-order valence-corrected chi connectivity index (χ2v) is 7.33. The molecule has 29 heavy (non-hydrogen) atoms. The highest BCUT2D eigenvalue weighted by Crippen LogP contribution is 2.17. The van der Waals surface area contributed by atoms with Crippen molar-refractivity contribution in [3.8, 4) is 0 Å². The summed E-state index contributed by atoms with van der Waals surface area (Å²) in [6.07, 6.45) is 1.54. The number of halogens is 3. The lowest BCUT2D eigenvalue weighted by atomic mass is 10.1. The second-order valence-electron chi connectivity index (χ2n) is 6.00. The van der Waals surface area contributed by atoms with Crippen LogP contribution in [0.1, 0.15) is 15.9 Å². The molecule has 0 unspecified atom stereocenters. The largest absolute Gasteiger partial charge is 0.321 e. The minimum absolute atomic E-state index is 0.0153. The molecule has 0 saturated carbocycles. The average molecular weight is 474 g/mol. The van der Waals surface area contributed by atoms with E-state index >= 15 is 0 Å². The van der Waals surface area contributed by atoms with E-state index in [4.69, 9.17) is 11.6 Å².